The lowest BCUT2D eigenvalue weighted by molar-refractivity contribution is -0.120. The number of carbonyl (C=O) groups is 1. The van der Waals surface area contributed by atoms with Crippen LogP contribution in [-0.4, -0.2) is 35.6 Å². The van der Waals surface area contributed by atoms with Crippen molar-refractivity contribution in [2.24, 2.45) is 0 Å². The Balaban J connectivity index is 1.66. The molecule has 1 atom stereocenters. The number of halogens is 1. The molecule has 1 aliphatic rings. The first-order valence-corrected chi connectivity index (χ1v) is 10.7. The van der Waals surface area contributed by atoms with Crippen molar-refractivity contribution in [2.75, 3.05) is 11.5 Å². The molecule has 2 heterocycles. The molecule has 0 radical (unpaired) electrons. The SMILES string of the molecule is Cc1nn(C2CCS(=O)(=O)C2)c(C)c1CC(=O)NCc1ccc(Cl)cc1. The third-order valence-electron chi connectivity index (χ3n) is 4.77. The van der Waals surface area contributed by atoms with Gasteiger partial charge in [0.15, 0.2) is 9.84 Å². The second-order valence-corrected chi connectivity index (χ2v) is 9.40. The lowest BCUT2D eigenvalue weighted by Crippen LogP contribution is -2.25. The Hall–Kier alpha value is -1.86. The number of benzene rings is 1. The lowest BCUT2D eigenvalue weighted by Gasteiger charge is -2.11. The zero-order chi connectivity index (χ0) is 18.9. The average Bonchev–Trinajstić information content (AvgIpc) is 3.08. The number of nitrogens with zero attached hydrogens (tertiary/aromatic N) is 2. The number of nitrogens with one attached hydrogen (secondary N) is 1. The number of sulfone groups is 1. The van der Waals surface area contributed by atoms with E-state index < -0.39 is 9.84 Å². The topological polar surface area (TPSA) is 81.1 Å². The van der Waals surface area contributed by atoms with Gasteiger partial charge in [-0.25, -0.2) is 8.42 Å². The number of aromatic nitrogens is 2. The van der Waals surface area contributed by atoms with Crippen molar-refractivity contribution in [3.05, 3.63) is 51.8 Å². The van der Waals surface area contributed by atoms with Crippen molar-refractivity contribution in [3.63, 3.8) is 0 Å². The van der Waals surface area contributed by atoms with Crippen LogP contribution in [0.1, 0.15) is 35.0 Å². The van der Waals surface area contributed by atoms with Gasteiger partial charge in [-0.05, 0) is 38.0 Å². The van der Waals surface area contributed by atoms with Crippen molar-refractivity contribution in [1.82, 2.24) is 15.1 Å². The third kappa shape index (κ3) is 4.27. The van der Waals surface area contributed by atoms with E-state index in [0.29, 0.717) is 18.0 Å². The van der Waals surface area contributed by atoms with E-state index in [1.54, 1.807) is 16.8 Å². The maximum absolute atomic E-state index is 12.3. The summed E-state index contributed by atoms with van der Waals surface area (Å²) in [6.07, 6.45) is 0.803. The largest absolute Gasteiger partial charge is 0.352 e. The molecule has 3 rings (SSSR count). The number of carbonyl (C=O) groups excluding carboxylic acids is 1. The monoisotopic (exact) mass is 395 g/mol. The van der Waals surface area contributed by atoms with Crippen LogP contribution in [0.5, 0.6) is 0 Å². The summed E-state index contributed by atoms with van der Waals surface area (Å²) in [5, 5.41) is 8.05. The predicted molar refractivity (Wildman–Crippen MR) is 101 cm³/mol. The highest BCUT2D eigenvalue weighted by Gasteiger charge is 2.31. The summed E-state index contributed by atoms with van der Waals surface area (Å²) in [7, 11) is -2.98. The lowest BCUT2D eigenvalue weighted by atomic mass is 10.1. The Morgan fingerprint density at radius 2 is 2.00 bits per heavy atom. The van der Waals surface area contributed by atoms with E-state index in [4.69, 9.17) is 11.6 Å². The molecule has 1 amide bonds. The zero-order valence-corrected chi connectivity index (χ0v) is 16.4. The summed E-state index contributed by atoms with van der Waals surface area (Å²) >= 11 is 5.86. The van der Waals surface area contributed by atoms with Crippen molar-refractivity contribution in [1.29, 1.82) is 0 Å². The first kappa shape index (κ1) is 18.9. The van der Waals surface area contributed by atoms with Crippen LogP contribution in [0.4, 0.5) is 0 Å². The molecule has 1 aliphatic heterocycles. The van der Waals surface area contributed by atoms with Gasteiger partial charge in [0.2, 0.25) is 5.91 Å². The molecule has 8 heteroatoms. The molecule has 0 spiro atoms. The molecule has 1 aromatic heterocycles. The van der Waals surface area contributed by atoms with Crippen LogP contribution in [0.3, 0.4) is 0 Å². The van der Waals surface area contributed by atoms with Gasteiger partial charge < -0.3 is 5.32 Å². The zero-order valence-electron chi connectivity index (χ0n) is 14.8. The second kappa shape index (κ2) is 7.40. The first-order chi connectivity index (χ1) is 12.2. The van der Waals surface area contributed by atoms with Gasteiger partial charge in [0.1, 0.15) is 0 Å². The molecule has 0 bridgehead atoms. The molecule has 1 N–H and O–H groups in total. The molecule has 1 fully saturated rings. The van der Waals surface area contributed by atoms with Crippen LogP contribution >= 0.6 is 11.6 Å². The number of hydrogen-bond donors (Lipinski definition) is 1. The number of aryl methyl sites for hydroxylation is 1. The van der Waals surface area contributed by atoms with Crippen LogP contribution in [0, 0.1) is 13.8 Å². The number of rotatable bonds is 5. The van der Waals surface area contributed by atoms with Crippen LogP contribution < -0.4 is 5.32 Å². The summed E-state index contributed by atoms with van der Waals surface area (Å²) in [5.41, 5.74) is 3.48. The molecule has 1 unspecified atom stereocenters. The van der Waals surface area contributed by atoms with Gasteiger partial charge in [-0.3, -0.25) is 9.48 Å². The summed E-state index contributed by atoms with van der Waals surface area (Å²) in [4.78, 5) is 12.3. The Morgan fingerprint density at radius 1 is 1.31 bits per heavy atom. The Kier molecular flexibility index (Phi) is 5.39. The van der Waals surface area contributed by atoms with Crippen LogP contribution in [0.15, 0.2) is 24.3 Å². The number of hydrogen-bond acceptors (Lipinski definition) is 4. The molecule has 0 aliphatic carbocycles. The molecular formula is C18H22ClN3O3S. The highest BCUT2D eigenvalue weighted by Crippen LogP contribution is 2.27. The summed E-state index contributed by atoms with van der Waals surface area (Å²) in [5.74, 6) is 0.231. The van der Waals surface area contributed by atoms with Gasteiger partial charge in [0.25, 0.3) is 0 Å². The Morgan fingerprint density at radius 3 is 2.62 bits per heavy atom. The van der Waals surface area contributed by atoms with Crippen molar-refractivity contribution in [3.8, 4) is 0 Å². The molecular weight excluding hydrogens is 374 g/mol. The Labute approximate surface area is 158 Å². The van der Waals surface area contributed by atoms with Crippen molar-refractivity contribution in [2.45, 2.75) is 39.3 Å². The maximum atomic E-state index is 12.3. The molecule has 6 nitrogen and oxygen atoms in total. The minimum Gasteiger partial charge on any atom is -0.352 e. The minimum atomic E-state index is -2.98. The molecule has 26 heavy (non-hydrogen) atoms. The van der Waals surface area contributed by atoms with Crippen molar-refractivity contribution >= 4 is 27.3 Å². The fourth-order valence-electron chi connectivity index (χ4n) is 3.30. The van der Waals surface area contributed by atoms with Gasteiger partial charge in [0.05, 0.1) is 29.7 Å². The van der Waals surface area contributed by atoms with Crippen LogP contribution in [0.25, 0.3) is 0 Å². The van der Waals surface area contributed by atoms with Gasteiger partial charge in [-0.2, -0.15) is 5.10 Å². The van der Waals surface area contributed by atoms with Gasteiger partial charge >= 0.3 is 0 Å². The van der Waals surface area contributed by atoms with Crippen LogP contribution in [0.2, 0.25) is 5.02 Å². The average molecular weight is 396 g/mol. The summed E-state index contributed by atoms with van der Waals surface area (Å²) in [6.45, 7) is 4.19. The highest BCUT2D eigenvalue weighted by atomic mass is 35.5. The van der Waals surface area contributed by atoms with E-state index in [0.717, 1.165) is 22.5 Å². The van der Waals surface area contributed by atoms with E-state index in [9.17, 15) is 13.2 Å². The predicted octanol–water partition coefficient (Wildman–Crippen LogP) is 2.37. The fraction of sp³-hybridized carbons (Fsp3) is 0.444. The molecule has 1 saturated heterocycles. The highest BCUT2D eigenvalue weighted by molar-refractivity contribution is 7.91. The fourth-order valence-corrected chi connectivity index (χ4v) is 5.12. The molecule has 2 aromatic rings. The Bertz CT molecular complexity index is 920. The van der Waals surface area contributed by atoms with Gasteiger partial charge in [-0.15, -0.1) is 0 Å². The van der Waals surface area contributed by atoms with Crippen molar-refractivity contribution < 1.29 is 13.2 Å². The number of amides is 1. The van der Waals surface area contributed by atoms with E-state index in [1.165, 1.54) is 0 Å². The van der Waals surface area contributed by atoms with E-state index in [1.807, 2.05) is 26.0 Å². The van der Waals surface area contributed by atoms with Crippen LogP contribution in [-0.2, 0) is 27.6 Å². The molecule has 1 aromatic carbocycles. The normalized spacial score (nSPS) is 18.8. The molecule has 0 saturated carbocycles. The summed E-state index contributed by atoms with van der Waals surface area (Å²) < 4.78 is 25.2. The maximum Gasteiger partial charge on any atom is 0.224 e. The first-order valence-electron chi connectivity index (χ1n) is 8.51. The van der Waals surface area contributed by atoms with Gasteiger partial charge in [-0.1, -0.05) is 23.7 Å². The van der Waals surface area contributed by atoms with Gasteiger partial charge in [0, 0.05) is 22.8 Å². The molecule has 140 valence electrons. The van der Waals surface area contributed by atoms with E-state index >= 15 is 0 Å². The standard InChI is InChI=1S/C18H22ClN3O3S/c1-12-17(9-18(23)20-10-14-3-5-15(19)6-4-14)13(2)22(21-12)16-7-8-26(24,25)11-16/h3-6,16H,7-11H2,1-2H3,(H,20,23). The quantitative estimate of drug-likeness (QED) is 0.842. The second-order valence-electron chi connectivity index (χ2n) is 6.73. The van der Waals surface area contributed by atoms with E-state index in [2.05, 4.69) is 10.4 Å². The smallest absolute Gasteiger partial charge is 0.224 e. The third-order valence-corrected chi connectivity index (χ3v) is 6.77. The summed E-state index contributed by atoms with van der Waals surface area (Å²) in [6, 6.07) is 7.19. The minimum absolute atomic E-state index is 0.0928. The van der Waals surface area contributed by atoms with E-state index in [-0.39, 0.29) is 29.9 Å².